The third kappa shape index (κ3) is 1.23. The second-order valence-electron chi connectivity index (χ2n) is 4.10. The van der Waals surface area contributed by atoms with Crippen LogP contribution in [0, 0.1) is 5.41 Å². The summed E-state index contributed by atoms with van der Waals surface area (Å²) in [5.41, 5.74) is -0.688. The molecule has 0 N–H and O–H groups in total. The first kappa shape index (κ1) is 8.91. The molecular formula is C9H13F2NO. The molecule has 1 amide bonds. The van der Waals surface area contributed by atoms with Crippen LogP contribution in [0.4, 0.5) is 8.87 Å². The number of alkyl halides is 1. The van der Waals surface area contributed by atoms with Crippen molar-refractivity contribution in [1.82, 2.24) is 5.12 Å². The van der Waals surface area contributed by atoms with Crippen LogP contribution in [0.2, 0.25) is 0 Å². The highest BCUT2D eigenvalue weighted by molar-refractivity contribution is 5.84. The normalized spacial score (nSPS) is 32.9. The molecule has 1 unspecified atom stereocenters. The summed E-state index contributed by atoms with van der Waals surface area (Å²) in [6.07, 6.45) is 2.60. The van der Waals surface area contributed by atoms with Crippen LogP contribution in [0.15, 0.2) is 0 Å². The summed E-state index contributed by atoms with van der Waals surface area (Å²) in [4.78, 5) is 11.4. The van der Waals surface area contributed by atoms with Crippen LogP contribution < -0.4 is 0 Å². The van der Waals surface area contributed by atoms with Gasteiger partial charge in [0.1, 0.15) is 0 Å². The highest BCUT2D eigenvalue weighted by atomic mass is 19.2. The second-order valence-corrected chi connectivity index (χ2v) is 4.10. The maximum absolute atomic E-state index is 12.9. The standard InChI is InChI=1S/C9H13F2NO/c10-7-6-9(8(13)12(7)11)4-2-1-3-5-9/h7H,1-6H2. The van der Waals surface area contributed by atoms with Gasteiger partial charge in [0.25, 0.3) is 5.91 Å². The molecule has 1 heterocycles. The topological polar surface area (TPSA) is 20.3 Å². The van der Waals surface area contributed by atoms with E-state index in [1.807, 2.05) is 0 Å². The molecule has 1 saturated carbocycles. The third-order valence-corrected chi connectivity index (χ3v) is 3.26. The fourth-order valence-electron chi connectivity index (χ4n) is 2.49. The van der Waals surface area contributed by atoms with Gasteiger partial charge in [-0.2, -0.15) is 0 Å². The summed E-state index contributed by atoms with van der Waals surface area (Å²) in [6, 6.07) is 0. The average Bonchev–Trinajstić information content (AvgIpc) is 2.33. The largest absolute Gasteiger partial charge is 0.272 e. The Labute approximate surface area is 75.8 Å². The summed E-state index contributed by atoms with van der Waals surface area (Å²) < 4.78 is 25.8. The number of halogens is 2. The Morgan fingerprint density at radius 1 is 1.31 bits per heavy atom. The monoisotopic (exact) mass is 189 g/mol. The lowest BCUT2D eigenvalue weighted by Crippen LogP contribution is -2.32. The SMILES string of the molecule is O=C1N(F)C(F)CC12CCCCC2. The van der Waals surface area contributed by atoms with Gasteiger partial charge >= 0.3 is 0 Å². The van der Waals surface area contributed by atoms with Gasteiger partial charge in [0.15, 0.2) is 0 Å². The minimum Gasteiger partial charge on any atom is -0.272 e. The Bertz CT molecular complexity index is 226. The third-order valence-electron chi connectivity index (χ3n) is 3.26. The molecule has 1 atom stereocenters. The smallest absolute Gasteiger partial charge is 0.259 e. The Balaban J connectivity index is 2.18. The van der Waals surface area contributed by atoms with Crippen molar-refractivity contribution >= 4 is 5.91 Å². The molecule has 2 fully saturated rings. The van der Waals surface area contributed by atoms with E-state index in [0.717, 1.165) is 19.3 Å². The summed E-state index contributed by atoms with van der Waals surface area (Å²) in [5, 5.41) is -0.217. The zero-order valence-corrected chi connectivity index (χ0v) is 7.43. The van der Waals surface area contributed by atoms with Crippen molar-refractivity contribution in [2.24, 2.45) is 5.41 Å². The predicted octanol–water partition coefficient (Wildman–Crippen LogP) is 2.35. The van der Waals surface area contributed by atoms with Crippen molar-refractivity contribution in [2.75, 3.05) is 0 Å². The zero-order valence-electron chi connectivity index (χ0n) is 7.43. The highest BCUT2D eigenvalue weighted by Gasteiger charge is 2.52. The molecule has 1 spiro atoms. The van der Waals surface area contributed by atoms with Crippen molar-refractivity contribution in [3.63, 3.8) is 0 Å². The minimum absolute atomic E-state index is 0.0579. The molecule has 0 aromatic carbocycles. The second kappa shape index (κ2) is 2.93. The van der Waals surface area contributed by atoms with Crippen LogP contribution in [-0.2, 0) is 4.79 Å². The Hall–Kier alpha value is -0.670. The number of amides is 1. The fourth-order valence-corrected chi connectivity index (χ4v) is 2.49. The lowest BCUT2D eigenvalue weighted by molar-refractivity contribution is -0.157. The summed E-state index contributed by atoms with van der Waals surface area (Å²) >= 11 is 0. The number of hydrogen-bond donors (Lipinski definition) is 0. The number of nitrogens with zero attached hydrogens (tertiary/aromatic N) is 1. The first-order valence-corrected chi connectivity index (χ1v) is 4.79. The predicted molar refractivity (Wildman–Crippen MR) is 43.0 cm³/mol. The maximum Gasteiger partial charge on any atom is 0.259 e. The van der Waals surface area contributed by atoms with Crippen molar-refractivity contribution < 1.29 is 13.7 Å². The van der Waals surface area contributed by atoms with Crippen molar-refractivity contribution in [1.29, 1.82) is 0 Å². The summed E-state index contributed by atoms with van der Waals surface area (Å²) in [6.45, 7) is 0. The van der Waals surface area contributed by atoms with Crippen LogP contribution >= 0.6 is 0 Å². The zero-order chi connectivity index (χ0) is 9.47. The Morgan fingerprint density at radius 3 is 2.38 bits per heavy atom. The van der Waals surface area contributed by atoms with Crippen LogP contribution in [0.5, 0.6) is 0 Å². The van der Waals surface area contributed by atoms with Gasteiger partial charge in [-0.25, -0.2) is 4.39 Å². The van der Waals surface area contributed by atoms with Gasteiger partial charge in [-0.3, -0.25) is 4.79 Å². The molecule has 4 heteroatoms. The molecule has 13 heavy (non-hydrogen) atoms. The highest BCUT2D eigenvalue weighted by Crippen LogP contribution is 2.47. The van der Waals surface area contributed by atoms with E-state index >= 15 is 0 Å². The van der Waals surface area contributed by atoms with Crippen molar-refractivity contribution in [3.05, 3.63) is 0 Å². The number of carbonyl (C=O) groups is 1. The van der Waals surface area contributed by atoms with Gasteiger partial charge < -0.3 is 0 Å². The lowest BCUT2D eigenvalue weighted by atomic mass is 9.73. The summed E-state index contributed by atoms with van der Waals surface area (Å²) in [7, 11) is 0. The molecule has 1 saturated heterocycles. The van der Waals surface area contributed by atoms with E-state index in [1.165, 1.54) is 0 Å². The molecular weight excluding hydrogens is 176 g/mol. The van der Waals surface area contributed by atoms with E-state index in [0.29, 0.717) is 12.8 Å². The Morgan fingerprint density at radius 2 is 1.92 bits per heavy atom. The van der Waals surface area contributed by atoms with E-state index in [9.17, 15) is 13.7 Å². The first-order valence-electron chi connectivity index (χ1n) is 4.79. The lowest BCUT2D eigenvalue weighted by Gasteiger charge is -2.29. The van der Waals surface area contributed by atoms with E-state index in [-0.39, 0.29) is 11.5 Å². The fraction of sp³-hybridized carbons (Fsp3) is 0.889. The van der Waals surface area contributed by atoms with Crippen LogP contribution in [0.1, 0.15) is 38.5 Å². The molecule has 1 aliphatic heterocycles. The van der Waals surface area contributed by atoms with Crippen molar-refractivity contribution in [2.45, 2.75) is 44.8 Å². The molecule has 74 valence electrons. The Kier molecular flexibility index (Phi) is 2.00. The first-order chi connectivity index (χ1) is 6.16. The number of hydrogen-bond acceptors (Lipinski definition) is 1. The van der Waals surface area contributed by atoms with E-state index in [4.69, 9.17) is 0 Å². The minimum atomic E-state index is -1.70. The van der Waals surface area contributed by atoms with Crippen molar-refractivity contribution in [3.8, 4) is 0 Å². The molecule has 0 radical (unpaired) electrons. The van der Waals surface area contributed by atoms with E-state index < -0.39 is 17.6 Å². The van der Waals surface area contributed by atoms with Crippen LogP contribution in [0.3, 0.4) is 0 Å². The molecule has 2 rings (SSSR count). The molecule has 0 bridgehead atoms. The quantitative estimate of drug-likeness (QED) is 0.423. The van der Waals surface area contributed by atoms with Gasteiger partial charge in [0, 0.05) is 6.42 Å². The van der Waals surface area contributed by atoms with E-state index in [1.54, 1.807) is 0 Å². The maximum atomic E-state index is 12.9. The summed E-state index contributed by atoms with van der Waals surface area (Å²) in [5.74, 6) is -0.625. The van der Waals surface area contributed by atoms with E-state index in [2.05, 4.69) is 0 Å². The van der Waals surface area contributed by atoms with Gasteiger partial charge in [-0.15, -0.1) is 5.12 Å². The molecule has 0 aromatic rings. The van der Waals surface area contributed by atoms with Gasteiger partial charge in [-0.1, -0.05) is 23.7 Å². The van der Waals surface area contributed by atoms with Gasteiger partial charge in [0.2, 0.25) is 6.30 Å². The number of rotatable bonds is 0. The number of carbonyl (C=O) groups excluding carboxylic acids is 1. The average molecular weight is 189 g/mol. The van der Waals surface area contributed by atoms with Crippen LogP contribution in [-0.4, -0.2) is 17.3 Å². The van der Waals surface area contributed by atoms with Gasteiger partial charge in [0.05, 0.1) is 5.41 Å². The van der Waals surface area contributed by atoms with Gasteiger partial charge in [-0.05, 0) is 12.8 Å². The molecule has 1 aliphatic carbocycles. The molecule has 2 nitrogen and oxygen atoms in total. The molecule has 2 aliphatic rings. The van der Waals surface area contributed by atoms with Crippen LogP contribution in [0.25, 0.3) is 0 Å². The molecule has 0 aromatic heterocycles.